The first-order valence-electron chi connectivity index (χ1n) is 5.62. The number of rotatable bonds is 7. The maximum Gasteiger partial charge on any atom is 0.150 e. The standard InChI is InChI=1S/C13H18O3/c1-2-12(15)4-3-9-16-13-7-5-11(10-14)6-8-13/h5-8,10,12,15H,2-4,9H2,1H3. The van der Waals surface area contributed by atoms with Gasteiger partial charge in [-0.1, -0.05) is 6.92 Å². The lowest BCUT2D eigenvalue weighted by molar-refractivity contribution is 0.112. The van der Waals surface area contributed by atoms with Gasteiger partial charge in [0.05, 0.1) is 12.7 Å². The molecule has 0 fully saturated rings. The van der Waals surface area contributed by atoms with Gasteiger partial charge in [-0.05, 0) is 43.5 Å². The van der Waals surface area contributed by atoms with Crippen molar-refractivity contribution in [1.29, 1.82) is 0 Å². The van der Waals surface area contributed by atoms with Crippen LogP contribution in [-0.4, -0.2) is 24.1 Å². The normalized spacial score (nSPS) is 12.1. The van der Waals surface area contributed by atoms with Crippen LogP contribution in [0.2, 0.25) is 0 Å². The van der Waals surface area contributed by atoms with Crippen LogP contribution in [0.4, 0.5) is 0 Å². The zero-order chi connectivity index (χ0) is 11.8. The highest BCUT2D eigenvalue weighted by Crippen LogP contribution is 2.12. The second-order valence-corrected chi connectivity index (χ2v) is 3.74. The molecule has 16 heavy (non-hydrogen) atoms. The summed E-state index contributed by atoms with van der Waals surface area (Å²) in [5, 5.41) is 9.33. The molecular weight excluding hydrogens is 204 g/mol. The molecule has 3 heteroatoms. The molecule has 1 aromatic carbocycles. The van der Waals surface area contributed by atoms with Crippen LogP contribution in [-0.2, 0) is 0 Å². The first kappa shape index (κ1) is 12.7. The second-order valence-electron chi connectivity index (χ2n) is 3.74. The topological polar surface area (TPSA) is 46.5 Å². The first-order chi connectivity index (χ1) is 7.76. The predicted octanol–water partition coefficient (Wildman–Crippen LogP) is 2.43. The number of carbonyl (C=O) groups is 1. The lowest BCUT2D eigenvalue weighted by atomic mass is 10.1. The van der Waals surface area contributed by atoms with Crippen molar-refractivity contribution in [2.24, 2.45) is 0 Å². The van der Waals surface area contributed by atoms with Gasteiger partial charge in [-0.2, -0.15) is 0 Å². The summed E-state index contributed by atoms with van der Waals surface area (Å²) in [6, 6.07) is 7.01. The fraction of sp³-hybridized carbons (Fsp3) is 0.462. The number of hydrogen-bond donors (Lipinski definition) is 1. The van der Waals surface area contributed by atoms with E-state index in [1.165, 1.54) is 0 Å². The molecule has 0 amide bonds. The molecule has 0 saturated carbocycles. The van der Waals surface area contributed by atoms with Crippen LogP contribution < -0.4 is 4.74 Å². The van der Waals surface area contributed by atoms with Gasteiger partial charge in [-0.25, -0.2) is 0 Å². The summed E-state index contributed by atoms with van der Waals surface area (Å²) < 4.78 is 5.47. The minimum absolute atomic E-state index is 0.221. The molecule has 0 aromatic heterocycles. The Morgan fingerprint density at radius 1 is 1.38 bits per heavy atom. The van der Waals surface area contributed by atoms with E-state index in [4.69, 9.17) is 4.74 Å². The highest BCUT2D eigenvalue weighted by Gasteiger charge is 2.00. The third-order valence-corrected chi connectivity index (χ3v) is 2.44. The van der Waals surface area contributed by atoms with E-state index in [0.29, 0.717) is 12.2 Å². The van der Waals surface area contributed by atoms with Gasteiger partial charge in [0.1, 0.15) is 12.0 Å². The molecular formula is C13H18O3. The van der Waals surface area contributed by atoms with Gasteiger partial charge in [-0.15, -0.1) is 0 Å². The predicted molar refractivity (Wildman–Crippen MR) is 62.9 cm³/mol. The van der Waals surface area contributed by atoms with E-state index in [1.807, 2.05) is 6.92 Å². The van der Waals surface area contributed by atoms with E-state index in [0.717, 1.165) is 31.3 Å². The summed E-state index contributed by atoms with van der Waals surface area (Å²) in [6.07, 6.45) is 2.98. The van der Waals surface area contributed by atoms with Crippen molar-refractivity contribution < 1.29 is 14.6 Å². The molecule has 1 atom stereocenters. The molecule has 3 nitrogen and oxygen atoms in total. The monoisotopic (exact) mass is 222 g/mol. The van der Waals surface area contributed by atoms with Crippen molar-refractivity contribution in [3.05, 3.63) is 29.8 Å². The fourth-order valence-electron chi connectivity index (χ4n) is 1.36. The lowest BCUT2D eigenvalue weighted by Crippen LogP contribution is -2.07. The van der Waals surface area contributed by atoms with E-state index in [9.17, 15) is 9.90 Å². The first-order valence-corrected chi connectivity index (χ1v) is 5.62. The number of carbonyl (C=O) groups excluding carboxylic acids is 1. The minimum Gasteiger partial charge on any atom is -0.494 e. The van der Waals surface area contributed by atoms with Crippen LogP contribution in [0.25, 0.3) is 0 Å². The van der Waals surface area contributed by atoms with E-state index in [1.54, 1.807) is 24.3 Å². The molecule has 0 radical (unpaired) electrons. The third-order valence-electron chi connectivity index (χ3n) is 2.44. The van der Waals surface area contributed by atoms with Gasteiger partial charge in [0.2, 0.25) is 0 Å². The molecule has 0 saturated heterocycles. The van der Waals surface area contributed by atoms with Crippen molar-refractivity contribution in [3.63, 3.8) is 0 Å². The average molecular weight is 222 g/mol. The van der Waals surface area contributed by atoms with Crippen LogP contribution >= 0.6 is 0 Å². The Labute approximate surface area is 96.1 Å². The molecule has 1 N–H and O–H groups in total. The Balaban J connectivity index is 2.24. The maximum atomic E-state index is 10.4. The Kier molecular flexibility index (Phi) is 5.57. The SMILES string of the molecule is CCC(O)CCCOc1ccc(C=O)cc1. The van der Waals surface area contributed by atoms with Crippen molar-refractivity contribution in [2.45, 2.75) is 32.3 Å². The van der Waals surface area contributed by atoms with Gasteiger partial charge >= 0.3 is 0 Å². The van der Waals surface area contributed by atoms with Crippen molar-refractivity contribution in [2.75, 3.05) is 6.61 Å². The Morgan fingerprint density at radius 3 is 2.62 bits per heavy atom. The van der Waals surface area contributed by atoms with Crippen LogP contribution in [0.5, 0.6) is 5.75 Å². The highest BCUT2D eigenvalue weighted by atomic mass is 16.5. The maximum absolute atomic E-state index is 10.4. The van der Waals surface area contributed by atoms with Gasteiger partial charge in [0, 0.05) is 5.56 Å². The Hall–Kier alpha value is -1.35. The zero-order valence-corrected chi connectivity index (χ0v) is 9.56. The van der Waals surface area contributed by atoms with Gasteiger partial charge in [0.25, 0.3) is 0 Å². The molecule has 0 spiro atoms. The van der Waals surface area contributed by atoms with Crippen LogP contribution in [0.15, 0.2) is 24.3 Å². The van der Waals surface area contributed by atoms with E-state index in [2.05, 4.69) is 0 Å². The lowest BCUT2D eigenvalue weighted by Gasteiger charge is -2.08. The summed E-state index contributed by atoms with van der Waals surface area (Å²) >= 11 is 0. The summed E-state index contributed by atoms with van der Waals surface area (Å²) in [6.45, 7) is 2.56. The highest BCUT2D eigenvalue weighted by molar-refractivity contribution is 5.74. The number of ether oxygens (including phenoxy) is 1. The summed E-state index contributed by atoms with van der Waals surface area (Å²) in [5.74, 6) is 0.761. The molecule has 0 aliphatic carbocycles. The van der Waals surface area contributed by atoms with Crippen molar-refractivity contribution >= 4 is 6.29 Å². The third kappa shape index (κ3) is 4.45. The molecule has 0 heterocycles. The number of aliphatic hydroxyl groups excluding tert-OH is 1. The summed E-state index contributed by atoms with van der Waals surface area (Å²) in [7, 11) is 0. The van der Waals surface area contributed by atoms with Gasteiger partial charge in [-0.3, -0.25) is 4.79 Å². The summed E-state index contributed by atoms with van der Waals surface area (Å²) in [4.78, 5) is 10.4. The number of benzene rings is 1. The van der Waals surface area contributed by atoms with Crippen LogP contribution in [0.1, 0.15) is 36.5 Å². The smallest absolute Gasteiger partial charge is 0.150 e. The largest absolute Gasteiger partial charge is 0.494 e. The molecule has 0 aliphatic heterocycles. The van der Waals surface area contributed by atoms with Gasteiger partial charge < -0.3 is 9.84 Å². The van der Waals surface area contributed by atoms with E-state index < -0.39 is 0 Å². The molecule has 88 valence electrons. The van der Waals surface area contributed by atoms with Crippen molar-refractivity contribution in [3.8, 4) is 5.75 Å². The quantitative estimate of drug-likeness (QED) is 0.569. The zero-order valence-electron chi connectivity index (χ0n) is 9.56. The summed E-state index contributed by atoms with van der Waals surface area (Å²) in [5.41, 5.74) is 0.647. The molecule has 0 aliphatic rings. The van der Waals surface area contributed by atoms with Crippen LogP contribution in [0.3, 0.4) is 0 Å². The Morgan fingerprint density at radius 2 is 2.06 bits per heavy atom. The second kappa shape index (κ2) is 7.01. The average Bonchev–Trinajstić information content (AvgIpc) is 2.35. The van der Waals surface area contributed by atoms with Crippen LogP contribution in [0, 0.1) is 0 Å². The van der Waals surface area contributed by atoms with E-state index in [-0.39, 0.29) is 6.10 Å². The molecule has 0 bridgehead atoms. The Bertz CT molecular complexity index is 305. The van der Waals surface area contributed by atoms with Crippen molar-refractivity contribution in [1.82, 2.24) is 0 Å². The minimum atomic E-state index is -0.221. The van der Waals surface area contributed by atoms with Gasteiger partial charge in [0.15, 0.2) is 0 Å². The molecule has 1 rings (SSSR count). The number of hydrogen-bond acceptors (Lipinski definition) is 3. The number of aliphatic hydroxyl groups is 1. The van der Waals surface area contributed by atoms with E-state index >= 15 is 0 Å². The molecule has 1 aromatic rings. The molecule has 1 unspecified atom stereocenters. The fourth-order valence-corrected chi connectivity index (χ4v) is 1.36. The number of aldehydes is 1.